The largest absolute Gasteiger partial charge is 0.488 e. The number of nitrogens with zero attached hydrogens (tertiary/aromatic N) is 2. The van der Waals surface area contributed by atoms with Gasteiger partial charge in [0, 0.05) is 31.7 Å². The van der Waals surface area contributed by atoms with E-state index in [2.05, 4.69) is 0 Å². The molecule has 0 bridgehead atoms. The monoisotopic (exact) mass is 322 g/mol. The normalized spacial score (nSPS) is 19.1. The maximum Gasteiger partial charge on any atom is 0.253 e. The minimum atomic E-state index is -3.18. The first-order chi connectivity index (χ1) is 10.4. The lowest BCUT2D eigenvalue weighted by atomic mass is 10.1. The number of sulfonamides is 1. The lowest BCUT2D eigenvalue weighted by Gasteiger charge is -2.34. The zero-order valence-corrected chi connectivity index (χ0v) is 13.2. The van der Waals surface area contributed by atoms with Gasteiger partial charge in [-0.25, -0.2) is 8.42 Å². The van der Waals surface area contributed by atoms with Crippen molar-refractivity contribution in [1.82, 2.24) is 9.21 Å². The van der Waals surface area contributed by atoms with Gasteiger partial charge < -0.3 is 9.64 Å². The van der Waals surface area contributed by atoms with Gasteiger partial charge >= 0.3 is 0 Å². The SMILES string of the molecule is CS(=O)(=O)N1CCN(C(=O)C2=Cc3ccccc3OC2)CC1. The summed E-state index contributed by atoms with van der Waals surface area (Å²) in [5, 5.41) is 0. The molecular weight excluding hydrogens is 304 g/mol. The lowest BCUT2D eigenvalue weighted by molar-refractivity contribution is -0.128. The highest BCUT2D eigenvalue weighted by Gasteiger charge is 2.28. The van der Waals surface area contributed by atoms with Crippen LogP contribution in [-0.4, -0.2) is 62.6 Å². The quantitative estimate of drug-likeness (QED) is 0.798. The molecule has 0 spiro atoms. The Kier molecular flexibility index (Phi) is 3.92. The molecular formula is C15H18N2O4S. The maximum atomic E-state index is 12.5. The fraction of sp³-hybridized carbons (Fsp3) is 0.400. The molecule has 6 nitrogen and oxygen atoms in total. The van der Waals surface area contributed by atoms with E-state index < -0.39 is 10.0 Å². The molecule has 0 aliphatic carbocycles. The lowest BCUT2D eigenvalue weighted by Crippen LogP contribution is -2.50. The van der Waals surface area contributed by atoms with Crippen LogP contribution in [0.5, 0.6) is 5.75 Å². The smallest absolute Gasteiger partial charge is 0.253 e. The zero-order chi connectivity index (χ0) is 15.7. The Hall–Kier alpha value is -1.86. The molecule has 0 N–H and O–H groups in total. The number of hydrogen-bond donors (Lipinski definition) is 0. The van der Waals surface area contributed by atoms with Gasteiger partial charge in [-0.15, -0.1) is 0 Å². The van der Waals surface area contributed by atoms with Crippen LogP contribution in [0.4, 0.5) is 0 Å². The number of carbonyl (C=O) groups is 1. The first kappa shape index (κ1) is 15.1. The first-order valence-electron chi connectivity index (χ1n) is 7.12. The number of rotatable bonds is 2. The van der Waals surface area contributed by atoms with Crippen LogP contribution < -0.4 is 4.74 Å². The van der Waals surface area contributed by atoms with Gasteiger partial charge in [-0.1, -0.05) is 18.2 Å². The topological polar surface area (TPSA) is 66.9 Å². The van der Waals surface area contributed by atoms with Gasteiger partial charge in [0.1, 0.15) is 12.4 Å². The predicted molar refractivity (Wildman–Crippen MR) is 82.9 cm³/mol. The van der Waals surface area contributed by atoms with Gasteiger partial charge in [-0.05, 0) is 12.1 Å². The molecule has 3 rings (SSSR count). The van der Waals surface area contributed by atoms with Gasteiger partial charge in [-0.3, -0.25) is 4.79 Å². The van der Waals surface area contributed by atoms with Crippen LogP contribution in [0.15, 0.2) is 29.8 Å². The molecule has 0 radical (unpaired) electrons. The average molecular weight is 322 g/mol. The number of fused-ring (bicyclic) bond motifs is 1. The van der Waals surface area contributed by atoms with Crippen molar-refractivity contribution in [3.05, 3.63) is 35.4 Å². The van der Waals surface area contributed by atoms with Crippen molar-refractivity contribution in [1.29, 1.82) is 0 Å². The molecule has 1 aromatic rings. The number of hydrogen-bond acceptors (Lipinski definition) is 4. The van der Waals surface area contributed by atoms with Gasteiger partial charge in [-0.2, -0.15) is 4.31 Å². The van der Waals surface area contributed by atoms with E-state index in [-0.39, 0.29) is 12.5 Å². The van der Waals surface area contributed by atoms with E-state index in [0.717, 1.165) is 11.3 Å². The summed E-state index contributed by atoms with van der Waals surface area (Å²) in [6.07, 6.45) is 3.04. The second-order valence-electron chi connectivity index (χ2n) is 5.45. The van der Waals surface area contributed by atoms with Gasteiger partial charge in [0.15, 0.2) is 0 Å². The number of carbonyl (C=O) groups excluding carboxylic acids is 1. The summed E-state index contributed by atoms with van der Waals surface area (Å²) in [7, 11) is -3.18. The van der Waals surface area contributed by atoms with E-state index in [1.165, 1.54) is 10.6 Å². The highest BCUT2D eigenvalue weighted by Crippen LogP contribution is 2.26. The summed E-state index contributed by atoms with van der Waals surface area (Å²) < 4.78 is 30.0. The zero-order valence-electron chi connectivity index (χ0n) is 12.4. The maximum absolute atomic E-state index is 12.5. The Morgan fingerprint density at radius 1 is 1.14 bits per heavy atom. The van der Waals surface area contributed by atoms with Crippen molar-refractivity contribution < 1.29 is 17.9 Å². The Balaban J connectivity index is 1.70. The van der Waals surface area contributed by atoms with Crippen molar-refractivity contribution in [2.24, 2.45) is 0 Å². The van der Waals surface area contributed by atoms with Crippen LogP contribution >= 0.6 is 0 Å². The Morgan fingerprint density at radius 2 is 1.82 bits per heavy atom. The molecule has 7 heteroatoms. The van der Waals surface area contributed by atoms with Crippen molar-refractivity contribution in [2.75, 3.05) is 39.0 Å². The second-order valence-corrected chi connectivity index (χ2v) is 7.43. The van der Waals surface area contributed by atoms with E-state index in [1.54, 1.807) is 4.90 Å². The van der Waals surface area contributed by atoms with Crippen LogP contribution in [0.25, 0.3) is 6.08 Å². The Morgan fingerprint density at radius 3 is 2.50 bits per heavy atom. The fourth-order valence-electron chi connectivity index (χ4n) is 2.67. The first-order valence-corrected chi connectivity index (χ1v) is 8.97. The molecule has 2 aliphatic rings. The van der Waals surface area contributed by atoms with E-state index in [9.17, 15) is 13.2 Å². The third kappa shape index (κ3) is 3.00. The van der Waals surface area contributed by atoms with E-state index in [4.69, 9.17) is 4.74 Å². The highest BCUT2D eigenvalue weighted by molar-refractivity contribution is 7.88. The van der Waals surface area contributed by atoms with Gasteiger partial charge in [0.05, 0.1) is 11.8 Å². The summed E-state index contributed by atoms with van der Waals surface area (Å²) in [6.45, 7) is 1.75. The molecule has 0 atom stereocenters. The van der Waals surface area contributed by atoms with E-state index in [1.807, 2.05) is 30.3 Å². The van der Waals surface area contributed by atoms with Crippen LogP contribution in [0.3, 0.4) is 0 Å². The van der Waals surface area contributed by atoms with Gasteiger partial charge in [0.2, 0.25) is 10.0 Å². The number of amides is 1. The summed E-state index contributed by atoms with van der Waals surface area (Å²) in [5.41, 5.74) is 1.50. The Labute approximate surface area is 130 Å². The standard InChI is InChI=1S/C15H18N2O4S/c1-22(19,20)17-8-6-16(7-9-17)15(18)13-10-12-4-2-3-5-14(12)21-11-13/h2-5,10H,6-9,11H2,1H3. The molecule has 22 heavy (non-hydrogen) atoms. The molecule has 2 heterocycles. The number of piperazine rings is 1. The van der Waals surface area contributed by atoms with Crippen LogP contribution in [-0.2, 0) is 14.8 Å². The third-order valence-electron chi connectivity index (χ3n) is 3.90. The number of para-hydroxylation sites is 1. The minimum Gasteiger partial charge on any atom is -0.488 e. The molecule has 0 unspecified atom stereocenters. The molecule has 118 valence electrons. The third-order valence-corrected chi connectivity index (χ3v) is 5.20. The Bertz CT molecular complexity index is 719. The fourth-order valence-corrected chi connectivity index (χ4v) is 3.49. The van der Waals surface area contributed by atoms with Crippen molar-refractivity contribution in [2.45, 2.75) is 0 Å². The molecule has 1 saturated heterocycles. The summed E-state index contributed by atoms with van der Waals surface area (Å²) in [5.74, 6) is 0.698. The van der Waals surface area contributed by atoms with Crippen LogP contribution in [0, 0.1) is 0 Å². The van der Waals surface area contributed by atoms with Crippen molar-refractivity contribution in [3.8, 4) is 5.75 Å². The van der Waals surface area contributed by atoms with E-state index >= 15 is 0 Å². The van der Waals surface area contributed by atoms with Crippen molar-refractivity contribution >= 4 is 22.0 Å². The molecule has 0 aromatic heterocycles. The number of benzene rings is 1. The molecule has 0 saturated carbocycles. The number of ether oxygens (including phenoxy) is 1. The predicted octanol–water partition coefficient (Wildman–Crippen LogP) is 0.566. The van der Waals surface area contributed by atoms with Crippen molar-refractivity contribution in [3.63, 3.8) is 0 Å². The molecule has 1 fully saturated rings. The van der Waals surface area contributed by atoms with Crippen LogP contribution in [0.1, 0.15) is 5.56 Å². The summed E-state index contributed by atoms with van der Waals surface area (Å²) in [4.78, 5) is 14.2. The minimum absolute atomic E-state index is 0.0809. The van der Waals surface area contributed by atoms with Gasteiger partial charge in [0.25, 0.3) is 5.91 Å². The second kappa shape index (κ2) is 5.73. The summed E-state index contributed by atoms with van der Waals surface area (Å²) in [6, 6.07) is 7.57. The van der Waals surface area contributed by atoms with E-state index in [0.29, 0.717) is 31.8 Å². The average Bonchev–Trinajstić information content (AvgIpc) is 2.53. The molecule has 2 aliphatic heterocycles. The molecule has 1 amide bonds. The molecule has 1 aromatic carbocycles. The summed E-state index contributed by atoms with van der Waals surface area (Å²) >= 11 is 0. The van der Waals surface area contributed by atoms with Crippen LogP contribution in [0.2, 0.25) is 0 Å². The highest BCUT2D eigenvalue weighted by atomic mass is 32.2.